The zero-order chi connectivity index (χ0) is 10.9. The summed E-state index contributed by atoms with van der Waals surface area (Å²) in [5.74, 6) is -1.09. The highest BCUT2D eigenvalue weighted by atomic mass is 16.5. The topological polar surface area (TPSA) is 67.8 Å². The van der Waals surface area contributed by atoms with Crippen LogP contribution in [0.4, 0.5) is 0 Å². The molecule has 0 saturated carbocycles. The quantitative estimate of drug-likeness (QED) is 0.662. The van der Waals surface area contributed by atoms with Gasteiger partial charge in [0.05, 0.1) is 18.6 Å². The Morgan fingerprint density at radius 3 is 3.13 bits per heavy atom. The van der Waals surface area contributed by atoms with Crippen LogP contribution < -0.4 is 5.32 Å². The van der Waals surface area contributed by atoms with Gasteiger partial charge in [0.1, 0.15) is 0 Å². The van der Waals surface area contributed by atoms with Gasteiger partial charge in [-0.25, -0.2) is 0 Å². The fraction of sp³-hybridized carbons (Fsp3) is 0.900. The molecule has 0 aromatic carbocycles. The number of nitrogens with one attached hydrogen (secondary N) is 1. The van der Waals surface area contributed by atoms with Gasteiger partial charge in [-0.3, -0.25) is 4.79 Å². The predicted molar refractivity (Wildman–Crippen MR) is 52.7 cm³/mol. The van der Waals surface area contributed by atoms with Crippen LogP contribution in [0.1, 0.15) is 6.42 Å². The SMILES string of the molecule is COC1COCCC12CNCC2C(=O)O. The fourth-order valence-electron chi connectivity index (χ4n) is 2.79. The van der Waals surface area contributed by atoms with E-state index < -0.39 is 5.97 Å². The number of ether oxygens (including phenoxy) is 2. The van der Waals surface area contributed by atoms with Gasteiger partial charge < -0.3 is 19.9 Å². The molecule has 5 nitrogen and oxygen atoms in total. The van der Waals surface area contributed by atoms with Gasteiger partial charge >= 0.3 is 5.97 Å². The van der Waals surface area contributed by atoms with Crippen LogP contribution >= 0.6 is 0 Å². The van der Waals surface area contributed by atoms with Crippen LogP contribution in [-0.4, -0.2) is 50.6 Å². The first-order valence-corrected chi connectivity index (χ1v) is 5.25. The van der Waals surface area contributed by atoms with Gasteiger partial charge in [0.15, 0.2) is 0 Å². The molecule has 2 aliphatic rings. The van der Waals surface area contributed by atoms with Gasteiger partial charge in [0.25, 0.3) is 0 Å². The highest BCUT2D eigenvalue weighted by Crippen LogP contribution is 2.42. The number of carboxylic acids is 1. The van der Waals surface area contributed by atoms with Crippen LogP contribution in [0.3, 0.4) is 0 Å². The molecule has 2 N–H and O–H groups in total. The highest BCUT2D eigenvalue weighted by molar-refractivity contribution is 5.72. The molecule has 0 bridgehead atoms. The van der Waals surface area contributed by atoms with Gasteiger partial charge in [-0.2, -0.15) is 0 Å². The molecule has 1 spiro atoms. The van der Waals surface area contributed by atoms with Crippen molar-refractivity contribution >= 4 is 5.97 Å². The second-order valence-corrected chi connectivity index (χ2v) is 4.30. The van der Waals surface area contributed by atoms with E-state index in [9.17, 15) is 9.90 Å². The maximum Gasteiger partial charge on any atom is 0.308 e. The summed E-state index contributed by atoms with van der Waals surface area (Å²) in [6.07, 6.45) is 0.650. The van der Waals surface area contributed by atoms with Crippen molar-refractivity contribution in [2.24, 2.45) is 11.3 Å². The largest absolute Gasteiger partial charge is 0.481 e. The van der Waals surface area contributed by atoms with Crippen molar-refractivity contribution in [3.05, 3.63) is 0 Å². The number of aliphatic carboxylic acids is 1. The van der Waals surface area contributed by atoms with Gasteiger partial charge in [-0.15, -0.1) is 0 Å². The van der Waals surface area contributed by atoms with Crippen LogP contribution in [0.2, 0.25) is 0 Å². The molecule has 2 rings (SSSR count). The third kappa shape index (κ3) is 1.64. The smallest absolute Gasteiger partial charge is 0.308 e. The standard InChI is InChI=1S/C10H17NO4/c1-14-8-5-15-3-2-10(8)6-11-4-7(10)9(12)13/h7-8,11H,2-6H2,1H3,(H,12,13). The van der Waals surface area contributed by atoms with Gasteiger partial charge in [-0.05, 0) is 6.42 Å². The molecule has 0 aromatic rings. The molecule has 0 aliphatic carbocycles. The second-order valence-electron chi connectivity index (χ2n) is 4.30. The Kier molecular flexibility index (Phi) is 2.95. The number of carboxylic acid groups (broad SMARTS) is 1. The van der Waals surface area contributed by atoms with Crippen LogP contribution in [-0.2, 0) is 14.3 Å². The van der Waals surface area contributed by atoms with E-state index in [0.717, 1.165) is 6.42 Å². The van der Waals surface area contributed by atoms with E-state index in [-0.39, 0.29) is 17.4 Å². The number of hydrogen-bond acceptors (Lipinski definition) is 4. The summed E-state index contributed by atoms with van der Waals surface area (Å²) in [4.78, 5) is 11.2. The molecule has 5 heteroatoms. The highest BCUT2D eigenvalue weighted by Gasteiger charge is 2.53. The van der Waals surface area contributed by atoms with Crippen LogP contribution in [0.25, 0.3) is 0 Å². The van der Waals surface area contributed by atoms with Gasteiger partial charge in [0.2, 0.25) is 0 Å². The Hall–Kier alpha value is -0.650. The summed E-state index contributed by atoms with van der Waals surface area (Å²) in [7, 11) is 1.62. The first kappa shape index (κ1) is 10.9. The summed E-state index contributed by atoms with van der Waals surface area (Å²) < 4.78 is 10.7. The molecule has 2 heterocycles. The lowest BCUT2D eigenvalue weighted by atomic mass is 9.70. The van der Waals surface area contributed by atoms with Crippen molar-refractivity contribution in [1.29, 1.82) is 0 Å². The fourth-order valence-corrected chi connectivity index (χ4v) is 2.79. The summed E-state index contributed by atoms with van der Waals surface area (Å²) in [5, 5.41) is 12.4. The van der Waals surface area contributed by atoms with E-state index >= 15 is 0 Å². The van der Waals surface area contributed by atoms with Crippen molar-refractivity contribution in [2.45, 2.75) is 12.5 Å². The molecule has 3 atom stereocenters. The summed E-state index contributed by atoms with van der Waals surface area (Å²) in [5.41, 5.74) is -0.279. The Morgan fingerprint density at radius 1 is 1.67 bits per heavy atom. The third-order valence-electron chi connectivity index (χ3n) is 3.70. The first-order chi connectivity index (χ1) is 7.20. The molecular weight excluding hydrogens is 198 g/mol. The van der Waals surface area contributed by atoms with Gasteiger partial charge in [-0.1, -0.05) is 0 Å². The number of rotatable bonds is 2. The van der Waals surface area contributed by atoms with Gasteiger partial charge in [0, 0.05) is 32.2 Å². The number of hydrogen-bond donors (Lipinski definition) is 2. The molecule has 0 radical (unpaired) electrons. The Bertz CT molecular complexity index is 258. The maximum atomic E-state index is 11.2. The van der Waals surface area contributed by atoms with Crippen molar-refractivity contribution in [3.8, 4) is 0 Å². The molecule has 2 fully saturated rings. The maximum absolute atomic E-state index is 11.2. The lowest BCUT2D eigenvalue weighted by molar-refractivity contribution is -0.160. The zero-order valence-electron chi connectivity index (χ0n) is 8.86. The monoisotopic (exact) mass is 215 g/mol. The minimum atomic E-state index is -0.732. The molecule has 86 valence electrons. The van der Waals surface area contributed by atoms with Crippen molar-refractivity contribution in [3.63, 3.8) is 0 Å². The van der Waals surface area contributed by atoms with E-state index in [1.54, 1.807) is 7.11 Å². The summed E-state index contributed by atoms with van der Waals surface area (Å²) in [6, 6.07) is 0. The first-order valence-electron chi connectivity index (χ1n) is 5.25. The second kappa shape index (κ2) is 4.08. The van der Waals surface area contributed by atoms with Crippen LogP contribution in [0, 0.1) is 11.3 Å². The zero-order valence-corrected chi connectivity index (χ0v) is 8.86. The molecule has 3 unspecified atom stereocenters. The Morgan fingerprint density at radius 2 is 2.47 bits per heavy atom. The van der Waals surface area contributed by atoms with E-state index in [1.807, 2.05) is 0 Å². The van der Waals surface area contributed by atoms with Crippen molar-refractivity contribution in [1.82, 2.24) is 5.32 Å². The van der Waals surface area contributed by atoms with Crippen molar-refractivity contribution in [2.75, 3.05) is 33.4 Å². The molecule has 0 aromatic heterocycles. The number of carbonyl (C=O) groups is 1. The summed E-state index contributed by atoms with van der Waals surface area (Å²) in [6.45, 7) is 2.38. The third-order valence-corrected chi connectivity index (χ3v) is 3.70. The average Bonchev–Trinajstić information content (AvgIpc) is 2.63. The molecule has 15 heavy (non-hydrogen) atoms. The normalized spacial score (nSPS) is 40.9. The minimum absolute atomic E-state index is 0.109. The van der Waals surface area contributed by atoms with Crippen LogP contribution in [0.5, 0.6) is 0 Å². The minimum Gasteiger partial charge on any atom is -0.481 e. The van der Waals surface area contributed by atoms with Crippen LogP contribution in [0.15, 0.2) is 0 Å². The van der Waals surface area contributed by atoms with E-state index in [2.05, 4.69) is 5.32 Å². The Labute approximate surface area is 88.7 Å². The lowest BCUT2D eigenvalue weighted by Crippen LogP contribution is -2.51. The summed E-state index contributed by atoms with van der Waals surface area (Å²) >= 11 is 0. The number of methoxy groups -OCH3 is 1. The molecule has 2 aliphatic heterocycles. The average molecular weight is 215 g/mol. The van der Waals surface area contributed by atoms with E-state index in [1.165, 1.54) is 0 Å². The molecular formula is C10H17NO4. The van der Waals surface area contributed by atoms with E-state index in [0.29, 0.717) is 26.3 Å². The predicted octanol–water partition coefficient (Wildman–Crippen LogP) is -0.288. The molecule has 2 saturated heterocycles. The van der Waals surface area contributed by atoms with E-state index in [4.69, 9.17) is 9.47 Å². The molecule has 0 amide bonds. The lowest BCUT2D eigenvalue weighted by Gasteiger charge is -2.42. The Balaban J connectivity index is 2.24. The van der Waals surface area contributed by atoms with Crippen molar-refractivity contribution < 1.29 is 19.4 Å².